The first-order chi connectivity index (χ1) is 9.56. The van der Waals surface area contributed by atoms with E-state index in [0.29, 0.717) is 17.6 Å². The van der Waals surface area contributed by atoms with Gasteiger partial charge in [0.25, 0.3) is 0 Å². The normalized spacial score (nSPS) is 32.7. The summed E-state index contributed by atoms with van der Waals surface area (Å²) in [6, 6.07) is 0.570. The summed E-state index contributed by atoms with van der Waals surface area (Å²) < 4.78 is 6.38. The summed E-state index contributed by atoms with van der Waals surface area (Å²) in [5.74, 6) is 1.66. The Labute approximate surface area is 126 Å². The summed E-state index contributed by atoms with van der Waals surface area (Å²) in [5.41, 5.74) is 0.466. The standard InChI is InChI=1S/C18H35NO/c1-5-18(2,3)15-10-11-16(19-4)17(12-15)20-13-14-8-6-7-9-14/h14-17,19H,5-13H2,1-4H3. The van der Waals surface area contributed by atoms with E-state index in [4.69, 9.17) is 4.74 Å². The van der Waals surface area contributed by atoms with Crippen molar-refractivity contribution in [3.8, 4) is 0 Å². The number of ether oxygens (including phenoxy) is 1. The Kier molecular flexibility index (Phi) is 5.92. The number of likely N-dealkylation sites (N-methyl/N-ethyl adjacent to an activating group) is 1. The average Bonchev–Trinajstić information content (AvgIpc) is 2.98. The lowest BCUT2D eigenvalue weighted by Gasteiger charge is -2.43. The fourth-order valence-electron chi connectivity index (χ4n) is 4.08. The lowest BCUT2D eigenvalue weighted by atomic mass is 9.68. The van der Waals surface area contributed by atoms with Crippen molar-refractivity contribution in [2.24, 2.45) is 17.3 Å². The van der Waals surface area contributed by atoms with Crippen LogP contribution < -0.4 is 5.32 Å². The SMILES string of the molecule is CCC(C)(C)C1CCC(NC)C(OCC2CCCC2)C1. The Morgan fingerprint density at radius 1 is 1.10 bits per heavy atom. The van der Waals surface area contributed by atoms with Gasteiger partial charge in [0.1, 0.15) is 0 Å². The van der Waals surface area contributed by atoms with Gasteiger partial charge < -0.3 is 10.1 Å². The quantitative estimate of drug-likeness (QED) is 0.780. The van der Waals surface area contributed by atoms with Crippen molar-refractivity contribution in [1.82, 2.24) is 5.32 Å². The van der Waals surface area contributed by atoms with E-state index in [2.05, 4.69) is 33.1 Å². The molecule has 2 saturated carbocycles. The maximum absolute atomic E-state index is 6.38. The van der Waals surface area contributed by atoms with Gasteiger partial charge in [0.05, 0.1) is 6.10 Å². The zero-order valence-electron chi connectivity index (χ0n) is 14.1. The average molecular weight is 281 g/mol. The van der Waals surface area contributed by atoms with E-state index in [1.54, 1.807) is 0 Å². The summed E-state index contributed by atoms with van der Waals surface area (Å²) in [5, 5.41) is 3.49. The van der Waals surface area contributed by atoms with Crippen molar-refractivity contribution < 1.29 is 4.74 Å². The maximum Gasteiger partial charge on any atom is 0.0730 e. The fraction of sp³-hybridized carbons (Fsp3) is 1.00. The van der Waals surface area contributed by atoms with Crippen LogP contribution >= 0.6 is 0 Å². The second-order valence-corrected chi connectivity index (χ2v) is 7.77. The van der Waals surface area contributed by atoms with Gasteiger partial charge >= 0.3 is 0 Å². The molecular weight excluding hydrogens is 246 g/mol. The maximum atomic E-state index is 6.38. The van der Waals surface area contributed by atoms with Gasteiger partial charge in [-0.05, 0) is 56.4 Å². The van der Waals surface area contributed by atoms with Crippen LogP contribution in [0.1, 0.15) is 72.1 Å². The van der Waals surface area contributed by atoms with Crippen LogP contribution in [0.5, 0.6) is 0 Å². The van der Waals surface area contributed by atoms with Crippen LogP contribution in [-0.2, 0) is 4.74 Å². The van der Waals surface area contributed by atoms with Gasteiger partial charge in [-0.1, -0.05) is 40.0 Å². The molecule has 2 heteroatoms. The summed E-state index contributed by atoms with van der Waals surface area (Å²) in [4.78, 5) is 0. The van der Waals surface area contributed by atoms with Gasteiger partial charge in [0.2, 0.25) is 0 Å². The van der Waals surface area contributed by atoms with Crippen LogP contribution in [0.4, 0.5) is 0 Å². The van der Waals surface area contributed by atoms with Crippen molar-refractivity contribution in [3.05, 3.63) is 0 Å². The molecule has 2 fully saturated rings. The molecular formula is C18H35NO. The summed E-state index contributed by atoms with van der Waals surface area (Å²) in [7, 11) is 2.10. The predicted octanol–water partition coefficient (Wildman–Crippen LogP) is 4.39. The van der Waals surface area contributed by atoms with E-state index >= 15 is 0 Å². The van der Waals surface area contributed by atoms with Gasteiger partial charge in [-0.2, -0.15) is 0 Å². The highest BCUT2D eigenvalue weighted by Gasteiger charge is 2.37. The van der Waals surface area contributed by atoms with Crippen LogP contribution in [0.25, 0.3) is 0 Å². The molecule has 118 valence electrons. The summed E-state index contributed by atoms with van der Waals surface area (Å²) in [6.07, 6.45) is 11.2. The first-order valence-corrected chi connectivity index (χ1v) is 8.85. The molecule has 1 N–H and O–H groups in total. The van der Waals surface area contributed by atoms with Crippen LogP contribution in [-0.4, -0.2) is 25.8 Å². The summed E-state index contributed by atoms with van der Waals surface area (Å²) >= 11 is 0. The Bertz CT molecular complexity index is 283. The molecule has 0 saturated heterocycles. The molecule has 20 heavy (non-hydrogen) atoms. The van der Waals surface area contributed by atoms with Gasteiger partial charge in [0.15, 0.2) is 0 Å². The molecule has 2 rings (SSSR count). The second kappa shape index (κ2) is 7.26. The molecule has 0 heterocycles. The van der Waals surface area contributed by atoms with Crippen molar-refractivity contribution in [1.29, 1.82) is 0 Å². The van der Waals surface area contributed by atoms with E-state index in [1.165, 1.54) is 51.4 Å². The molecule has 0 radical (unpaired) electrons. The lowest BCUT2D eigenvalue weighted by Crippen LogP contribution is -2.47. The molecule has 0 aromatic carbocycles. The Morgan fingerprint density at radius 3 is 2.40 bits per heavy atom. The third kappa shape index (κ3) is 3.98. The number of hydrogen-bond acceptors (Lipinski definition) is 2. The topological polar surface area (TPSA) is 21.3 Å². The minimum absolute atomic E-state index is 0.435. The molecule has 0 aromatic heterocycles. The third-order valence-corrected chi connectivity index (χ3v) is 6.20. The molecule has 3 atom stereocenters. The van der Waals surface area contributed by atoms with Gasteiger partial charge in [-0.25, -0.2) is 0 Å². The first kappa shape index (κ1) is 16.3. The Morgan fingerprint density at radius 2 is 1.80 bits per heavy atom. The van der Waals surface area contributed by atoms with E-state index in [-0.39, 0.29) is 0 Å². The minimum Gasteiger partial charge on any atom is -0.376 e. The highest BCUT2D eigenvalue weighted by atomic mass is 16.5. The monoisotopic (exact) mass is 281 g/mol. The van der Waals surface area contributed by atoms with Crippen molar-refractivity contribution in [3.63, 3.8) is 0 Å². The number of nitrogens with one attached hydrogen (secondary N) is 1. The molecule has 0 amide bonds. The van der Waals surface area contributed by atoms with E-state index < -0.39 is 0 Å². The van der Waals surface area contributed by atoms with Gasteiger partial charge in [-0.3, -0.25) is 0 Å². The highest BCUT2D eigenvalue weighted by molar-refractivity contribution is 4.90. The second-order valence-electron chi connectivity index (χ2n) is 7.77. The van der Waals surface area contributed by atoms with Crippen LogP contribution in [0.3, 0.4) is 0 Å². The third-order valence-electron chi connectivity index (χ3n) is 6.20. The smallest absolute Gasteiger partial charge is 0.0730 e. The zero-order valence-corrected chi connectivity index (χ0v) is 14.1. The first-order valence-electron chi connectivity index (χ1n) is 8.85. The van der Waals surface area contributed by atoms with Gasteiger partial charge in [0, 0.05) is 12.6 Å². The van der Waals surface area contributed by atoms with Gasteiger partial charge in [-0.15, -0.1) is 0 Å². The van der Waals surface area contributed by atoms with Crippen LogP contribution in [0.15, 0.2) is 0 Å². The molecule has 0 aliphatic heterocycles. The van der Waals surface area contributed by atoms with E-state index in [0.717, 1.165) is 18.4 Å². The molecule has 2 aliphatic carbocycles. The Balaban J connectivity index is 1.88. The van der Waals surface area contributed by atoms with Crippen LogP contribution in [0.2, 0.25) is 0 Å². The number of hydrogen-bond donors (Lipinski definition) is 1. The minimum atomic E-state index is 0.435. The molecule has 0 aromatic rings. The van der Waals surface area contributed by atoms with E-state index in [9.17, 15) is 0 Å². The van der Waals surface area contributed by atoms with E-state index in [1.807, 2.05) is 0 Å². The van der Waals surface area contributed by atoms with Crippen molar-refractivity contribution in [2.75, 3.05) is 13.7 Å². The highest BCUT2D eigenvalue weighted by Crippen LogP contribution is 2.41. The summed E-state index contributed by atoms with van der Waals surface area (Å²) in [6.45, 7) is 8.21. The lowest BCUT2D eigenvalue weighted by molar-refractivity contribution is -0.0413. The predicted molar refractivity (Wildman–Crippen MR) is 86.0 cm³/mol. The number of rotatable bonds is 6. The van der Waals surface area contributed by atoms with Crippen molar-refractivity contribution >= 4 is 0 Å². The molecule has 0 bridgehead atoms. The fourth-order valence-corrected chi connectivity index (χ4v) is 4.08. The Hall–Kier alpha value is -0.0800. The largest absolute Gasteiger partial charge is 0.376 e. The molecule has 3 unspecified atom stereocenters. The molecule has 2 aliphatic rings. The molecule has 2 nitrogen and oxygen atoms in total. The van der Waals surface area contributed by atoms with Crippen molar-refractivity contribution in [2.45, 2.75) is 84.3 Å². The zero-order chi connectivity index (χ0) is 14.6. The molecule has 0 spiro atoms. The van der Waals surface area contributed by atoms with Crippen LogP contribution in [0, 0.1) is 17.3 Å².